The SMILES string of the molecule is O=C(O)c1ccc(-c2cc(=O)[nH][nH]2)cc1. The zero-order chi connectivity index (χ0) is 10.8. The van der Waals surface area contributed by atoms with E-state index in [4.69, 9.17) is 5.11 Å². The number of hydrogen-bond donors (Lipinski definition) is 3. The Hall–Kier alpha value is -2.30. The molecule has 0 radical (unpaired) electrons. The molecule has 0 saturated carbocycles. The van der Waals surface area contributed by atoms with E-state index in [9.17, 15) is 9.59 Å². The van der Waals surface area contributed by atoms with E-state index < -0.39 is 5.97 Å². The van der Waals surface area contributed by atoms with E-state index in [2.05, 4.69) is 10.2 Å². The van der Waals surface area contributed by atoms with Gasteiger partial charge >= 0.3 is 5.97 Å². The molecule has 0 atom stereocenters. The maximum Gasteiger partial charge on any atom is 0.335 e. The van der Waals surface area contributed by atoms with E-state index in [0.29, 0.717) is 5.69 Å². The van der Waals surface area contributed by atoms with Gasteiger partial charge in [0.05, 0.1) is 11.3 Å². The number of carbonyl (C=O) groups is 1. The molecule has 0 fully saturated rings. The van der Waals surface area contributed by atoms with Crippen molar-refractivity contribution in [2.75, 3.05) is 0 Å². The average molecular weight is 204 g/mol. The zero-order valence-electron chi connectivity index (χ0n) is 7.65. The van der Waals surface area contributed by atoms with Crippen molar-refractivity contribution in [2.24, 2.45) is 0 Å². The summed E-state index contributed by atoms with van der Waals surface area (Å²) in [4.78, 5) is 21.4. The Balaban J connectivity index is 2.39. The van der Waals surface area contributed by atoms with Gasteiger partial charge in [-0.3, -0.25) is 15.0 Å². The highest BCUT2D eigenvalue weighted by molar-refractivity contribution is 5.88. The van der Waals surface area contributed by atoms with Crippen molar-refractivity contribution in [1.82, 2.24) is 10.2 Å². The highest BCUT2D eigenvalue weighted by Crippen LogP contribution is 2.15. The third kappa shape index (κ3) is 1.80. The van der Waals surface area contributed by atoms with Crippen molar-refractivity contribution in [3.05, 3.63) is 46.2 Å². The molecule has 1 aromatic carbocycles. The molecule has 76 valence electrons. The van der Waals surface area contributed by atoms with Crippen LogP contribution in [0.3, 0.4) is 0 Å². The third-order valence-corrected chi connectivity index (χ3v) is 2.04. The standard InChI is InChI=1S/C10H8N2O3/c13-9-5-8(11-12-9)6-1-3-7(4-2-6)10(14)15/h1-5H,(H,14,15)(H2,11,12,13). The molecule has 0 saturated heterocycles. The average Bonchev–Trinajstić information content (AvgIpc) is 2.65. The van der Waals surface area contributed by atoms with E-state index in [1.165, 1.54) is 18.2 Å². The summed E-state index contributed by atoms with van der Waals surface area (Å²) < 4.78 is 0. The van der Waals surface area contributed by atoms with E-state index >= 15 is 0 Å². The number of aromatic carboxylic acids is 1. The minimum Gasteiger partial charge on any atom is -0.478 e. The summed E-state index contributed by atoms with van der Waals surface area (Å²) >= 11 is 0. The van der Waals surface area contributed by atoms with Crippen LogP contribution in [0.1, 0.15) is 10.4 Å². The lowest BCUT2D eigenvalue weighted by Crippen LogP contribution is -1.95. The molecule has 2 rings (SSSR count). The van der Waals surface area contributed by atoms with Gasteiger partial charge in [-0.2, -0.15) is 0 Å². The number of nitrogens with one attached hydrogen (secondary N) is 2. The summed E-state index contributed by atoms with van der Waals surface area (Å²) in [5, 5.41) is 13.8. The van der Waals surface area contributed by atoms with Crippen LogP contribution in [0.4, 0.5) is 0 Å². The predicted octanol–water partition coefficient (Wildman–Crippen LogP) is 1.07. The Kier molecular flexibility index (Phi) is 2.13. The van der Waals surface area contributed by atoms with Gasteiger partial charge in [-0.15, -0.1) is 0 Å². The van der Waals surface area contributed by atoms with Crippen LogP contribution in [-0.4, -0.2) is 21.3 Å². The van der Waals surface area contributed by atoms with Crippen LogP contribution in [0.2, 0.25) is 0 Å². The molecule has 0 aliphatic rings. The number of hydrogen-bond acceptors (Lipinski definition) is 2. The summed E-state index contributed by atoms with van der Waals surface area (Å²) in [5.74, 6) is -0.968. The maximum atomic E-state index is 10.9. The molecule has 1 heterocycles. The Morgan fingerprint density at radius 3 is 2.27 bits per heavy atom. The molecule has 0 bridgehead atoms. The largest absolute Gasteiger partial charge is 0.478 e. The minimum atomic E-state index is -0.968. The van der Waals surface area contributed by atoms with E-state index in [1.54, 1.807) is 12.1 Å². The number of aromatic amines is 2. The second-order valence-corrected chi connectivity index (χ2v) is 3.05. The fourth-order valence-corrected chi connectivity index (χ4v) is 1.28. The van der Waals surface area contributed by atoms with Crippen LogP contribution in [0.25, 0.3) is 11.3 Å². The van der Waals surface area contributed by atoms with Gasteiger partial charge < -0.3 is 5.11 Å². The molecule has 0 aliphatic heterocycles. The van der Waals surface area contributed by atoms with Crippen molar-refractivity contribution in [2.45, 2.75) is 0 Å². The van der Waals surface area contributed by atoms with E-state index in [0.717, 1.165) is 5.56 Å². The lowest BCUT2D eigenvalue weighted by Gasteiger charge is -1.97. The Morgan fingerprint density at radius 2 is 1.80 bits per heavy atom. The number of rotatable bonds is 2. The Morgan fingerprint density at radius 1 is 1.13 bits per heavy atom. The third-order valence-electron chi connectivity index (χ3n) is 2.04. The summed E-state index contributed by atoms with van der Waals surface area (Å²) in [7, 11) is 0. The monoisotopic (exact) mass is 204 g/mol. The van der Waals surface area contributed by atoms with Gasteiger partial charge in [-0.25, -0.2) is 4.79 Å². The van der Waals surface area contributed by atoms with Crippen molar-refractivity contribution in [1.29, 1.82) is 0 Å². The quantitative estimate of drug-likeness (QED) is 0.683. The fraction of sp³-hybridized carbons (Fsp3) is 0. The van der Waals surface area contributed by atoms with Crippen molar-refractivity contribution >= 4 is 5.97 Å². The second-order valence-electron chi connectivity index (χ2n) is 3.05. The highest BCUT2D eigenvalue weighted by atomic mass is 16.4. The van der Waals surface area contributed by atoms with Gasteiger partial charge in [-0.1, -0.05) is 12.1 Å². The Bertz CT molecular complexity index is 536. The number of carboxylic acid groups (broad SMARTS) is 1. The number of H-pyrrole nitrogens is 2. The van der Waals surface area contributed by atoms with Crippen molar-refractivity contribution in [3.8, 4) is 11.3 Å². The van der Waals surface area contributed by atoms with E-state index in [-0.39, 0.29) is 11.1 Å². The van der Waals surface area contributed by atoms with Gasteiger partial charge in [-0.05, 0) is 17.7 Å². The first-order valence-electron chi connectivity index (χ1n) is 4.28. The first kappa shape index (κ1) is 9.26. The molecule has 5 heteroatoms. The molecular weight excluding hydrogens is 196 g/mol. The summed E-state index contributed by atoms with van der Waals surface area (Å²) in [6.45, 7) is 0. The number of benzene rings is 1. The topological polar surface area (TPSA) is 85.9 Å². The highest BCUT2D eigenvalue weighted by Gasteiger charge is 2.04. The number of carboxylic acids is 1. The van der Waals surface area contributed by atoms with Crippen LogP contribution >= 0.6 is 0 Å². The molecule has 0 aliphatic carbocycles. The van der Waals surface area contributed by atoms with Crippen LogP contribution in [0.5, 0.6) is 0 Å². The second kappa shape index (κ2) is 3.45. The van der Waals surface area contributed by atoms with Crippen molar-refractivity contribution < 1.29 is 9.90 Å². The van der Waals surface area contributed by atoms with Gasteiger partial charge in [0.15, 0.2) is 0 Å². The molecule has 0 unspecified atom stereocenters. The smallest absolute Gasteiger partial charge is 0.335 e. The molecule has 5 nitrogen and oxygen atoms in total. The minimum absolute atomic E-state index is 0.215. The first-order valence-corrected chi connectivity index (χ1v) is 4.28. The molecule has 0 amide bonds. The molecule has 3 N–H and O–H groups in total. The van der Waals surface area contributed by atoms with Crippen LogP contribution in [-0.2, 0) is 0 Å². The summed E-state index contributed by atoms with van der Waals surface area (Å²) in [5.41, 5.74) is 1.40. The van der Waals surface area contributed by atoms with Crippen LogP contribution < -0.4 is 5.56 Å². The molecule has 0 spiro atoms. The van der Waals surface area contributed by atoms with Crippen LogP contribution in [0.15, 0.2) is 35.1 Å². The van der Waals surface area contributed by atoms with E-state index in [1.807, 2.05) is 0 Å². The normalized spacial score (nSPS) is 10.1. The van der Waals surface area contributed by atoms with Crippen LogP contribution in [0, 0.1) is 0 Å². The van der Waals surface area contributed by atoms with Gasteiger partial charge in [0.2, 0.25) is 0 Å². The zero-order valence-corrected chi connectivity index (χ0v) is 7.65. The molecule has 15 heavy (non-hydrogen) atoms. The summed E-state index contributed by atoms with van der Waals surface area (Å²) in [6.07, 6.45) is 0. The maximum absolute atomic E-state index is 10.9. The Labute approximate surface area is 84.4 Å². The lowest BCUT2D eigenvalue weighted by atomic mass is 10.1. The number of aromatic nitrogens is 2. The lowest BCUT2D eigenvalue weighted by molar-refractivity contribution is 0.0697. The fourth-order valence-electron chi connectivity index (χ4n) is 1.28. The predicted molar refractivity (Wildman–Crippen MR) is 53.8 cm³/mol. The molecular formula is C10H8N2O3. The van der Waals surface area contributed by atoms with Gasteiger partial charge in [0, 0.05) is 6.07 Å². The summed E-state index contributed by atoms with van der Waals surface area (Å²) in [6, 6.07) is 7.67. The molecule has 2 aromatic rings. The van der Waals surface area contributed by atoms with Gasteiger partial charge in [0.25, 0.3) is 5.56 Å². The molecule has 1 aromatic heterocycles. The first-order chi connectivity index (χ1) is 7.16. The van der Waals surface area contributed by atoms with Gasteiger partial charge in [0.1, 0.15) is 0 Å². The van der Waals surface area contributed by atoms with Crippen molar-refractivity contribution in [3.63, 3.8) is 0 Å².